The van der Waals surface area contributed by atoms with Gasteiger partial charge in [-0.25, -0.2) is 0 Å². The van der Waals surface area contributed by atoms with E-state index in [1.807, 2.05) is 0 Å². The average Bonchev–Trinajstić information content (AvgIpc) is 2.34. The number of nitrogen functional groups attached to an aromatic ring is 1. The monoisotopic (exact) mass is 319 g/mol. The molecule has 0 saturated heterocycles. The molecule has 0 aliphatic carbocycles. The molecule has 0 aromatic heterocycles. The van der Waals surface area contributed by atoms with Crippen molar-refractivity contribution in [3.05, 3.63) is 46.4 Å². The van der Waals surface area contributed by atoms with Gasteiger partial charge in [0.2, 0.25) is 0 Å². The minimum atomic E-state index is 0. The largest absolute Gasteiger partial charge is 0.497 e. The van der Waals surface area contributed by atoms with Crippen LogP contribution in [-0.4, -0.2) is 7.11 Å². The molecule has 0 aliphatic rings. The van der Waals surface area contributed by atoms with Crippen LogP contribution in [0.15, 0.2) is 36.4 Å². The van der Waals surface area contributed by atoms with Gasteiger partial charge in [0.05, 0.1) is 17.2 Å². The minimum Gasteiger partial charge on any atom is -0.497 e. The van der Waals surface area contributed by atoms with E-state index < -0.39 is 0 Å². The Morgan fingerprint density at radius 3 is 1.89 bits per heavy atom. The zero-order chi connectivity index (χ0) is 13.1. The lowest BCUT2D eigenvalue weighted by molar-refractivity contribution is 0.413. The van der Waals surface area contributed by atoms with E-state index in [9.17, 15) is 0 Å². The number of nitrogens with two attached hydrogens (primary N) is 1. The molecule has 6 heteroatoms. The van der Waals surface area contributed by atoms with Crippen LogP contribution in [0.25, 0.3) is 0 Å². The van der Waals surface area contributed by atoms with Crippen molar-refractivity contribution in [1.29, 1.82) is 0 Å². The molecule has 0 bridgehead atoms. The normalized spacial score (nSPS) is 9.63. The molecule has 0 spiro atoms. The summed E-state index contributed by atoms with van der Waals surface area (Å²) in [5, 5.41) is 0.742. The van der Waals surface area contributed by atoms with E-state index in [0.717, 1.165) is 5.75 Å². The Balaban J connectivity index is 0.00000180. The van der Waals surface area contributed by atoms with E-state index >= 15 is 0 Å². The van der Waals surface area contributed by atoms with Crippen molar-refractivity contribution in [2.24, 2.45) is 0 Å². The van der Waals surface area contributed by atoms with Crippen molar-refractivity contribution in [1.82, 2.24) is 0 Å². The fraction of sp³-hybridized carbons (Fsp3) is 0.0769. The van der Waals surface area contributed by atoms with Gasteiger partial charge in [-0.15, -0.1) is 12.4 Å². The Labute approximate surface area is 127 Å². The van der Waals surface area contributed by atoms with Gasteiger partial charge in [-0.1, -0.05) is 23.2 Å². The standard InChI is InChI=1S/C13H11Cl2NO2.ClH/c1-17-9-2-4-10(5-3-9)18-13-11(14)6-8(16)7-12(13)15;/h2-7H,16H2,1H3;1H. The first-order chi connectivity index (χ1) is 8.60. The van der Waals surface area contributed by atoms with Crippen LogP contribution in [0.5, 0.6) is 17.2 Å². The number of rotatable bonds is 3. The van der Waals surface area contributed by atoms with Gasteiger partial charge in [0.15, 0.2) is 5.75 Å². The third kappa shape index (κ3) is 3.83. The van der Waals surface area contributed by atoms with Crippen LogP contribution in [-0.2, 0) is 0 Å². The average molecular weight is 321 g/mol. The number of halogens is 3. The van der Waals surface area contributed by atoms with Crippen LogP contribution in [0.2, 0.25) is 10.0 Å². The van der Waals surface area contributed by atoms with Crippen molar-refractivity contribution in [2.75, 3.05) is 12.8 Å². The van der Waals surface area contributed by atoms with Crippen LogP contribution < -0.4 is 15.2 Å². The van der Waals surface area contributed by atoms with Crippen molar-refractivity contribution < 1.29 is 9.47 Å². The number of hydrogen-bond acceptors (Lipinski definition) is 3. The van der Waals surface area contributed by atoms with Crippen molar-refractivity contribution in [2.45, 2.75) is 0 Å². The highest BCUT2D eigenvalue weighted by atomic mass is 35.5. The highest BCUT2D eigenvalue weighted by molar-refractivity contribution is 6.37. The molecule has 2 N–H and O–H groups in total. The van der Waals surface area contributed by atoms with Crippen LogP contribution in [0.3, 0.4) is 0 Å². The second-order valence-corrected chi connectivity index (χ2v) is 4.41. The highest BCUT2D eigenvalue weighted by Crippen LogP contribution is 2.38. The zero-order valence-corrected chi connectivity index (χ0v) is 12.4. The summed E-state index contributed by atoms with van der Waals surface area (Å²) in [5.41, 5.74) is 6.11. The van der Waals surface area contributed by atoms with Gasteiger partial charge in [0.1, 0.15) is 11.5 Å². The first-order valence-electron chi connectivity index (χ1n) is 5.16. The molecule has 0 fully saturated rings. The predicted molar refractivity (Wildman–Crippen MR) is 81.2 cm³/mol. The quantitative estimate of drug-likeness (QED) is 0.826. The topological polar surface area (TPSA) is 44.5 Å². The third-order valence-electron chi connectivity index (χ3n) is 2.30. The van der Waals surface area contributed by atoms with Gasteiger partial charge in [-0.2, -0.15) is 0 Å². The van der Waals surface area contributed by atoms with Crippen LogP contribution in [0.4, 0.5) is 5.69 Å². The van der Waals surface area contributed by atoms with Crippen LogP contribution in [0, 0.1) is 0 Å². The van der Waals surface area contributed by atoms with Crippen LogP contribution in [0.1, 0.15) is 0 Å². The molecule has 19 heavy (non-hydrogen) atoms. The maximum absolute atomic E-state index is 6.03. The molecular formula is C13H12Cl3NO2. The number of methoxy groups -OCH3 is 1. The summed E-state index contributed by atoms with van der Waals surface area (Å²) in [4.78, 5) is 0. The van der Waals surface area contributed by atoms with E-state index in [-0.39, 0.29) is 12.4 Å². The molecule has 0 saturated carbocycles. The van der Waals surface area contributed by atoms with Crippen molar-refractivity contribution >= 4 is 41.3 Å². The molecule has 0 atom stereocenters. The Morgan fingerprint density at radius 1 is 0.947 bits per heavy atom. The number of anilines is 1. The first-order valence-corrected chi connectivity index (χ1v) is 5.92. The fourth-order valence-corrected chi connectivity index (χ4v) is 2.02. The molecule has 102 valence electrons. The second-order valence-electron chi connectivity index (χ2n) is 3.59. The summed E-state index contributed by atoms with van der Waals surface area (Å²) in [6.45, 7) is 0. The van der Waals surface area contributed by atoms with Gasteiger partial charge in [-0.05, 0) is 36.4 Å². The van der Waals surface area contributed by atoms with Crippen molar-refractivity contribution in [3.8, 4) is 17.2 Å². The molecule has 0 amide bonds. The zero-order valence-electron chi connectivity index (χ0n) is 10.0. The van der Waals surface area contributed by atoms with E-state index in [0.29, 0.717) is 27.2 Å². The van der Waals surface area contributed by atoms with E-state index in [2.05, 4.69) is 0 Å². The Hall–Kier alpha value is -1.29. The minimum absolute atomic E-state index is 0. The Kier molecular flexibility index (Phi) is 5.60. The van der Waals surface area contributed by atoms with Gasteiger partial charge in [-0.3, -0.25) is 0 Å². The summed E-state index contributed by atoms with van der Waals surface area (Å²) in [6.07, 6.45) is 0. The molecule has 2 aromatic carbocycles. The van der Waals surface area contributed by atoms with Gasteiger partial charge < -0.3 is 15.2 Å². The van der Waals surface area contributed by atoms with Crippen LogP contribution >= 0.6 is 35.6 Å². The molecule has 0 aliphatic heterocycles. The summed E-state index contributed by atoms with van der Waals surface area (Å²) in [7, 11) is 1.60. The number of hydrogen-bond donors (Lipinski definition) is 1. The maximum Gasteiger partial charge on any atom is 0.164 e. The molecule has 0 heterocycles. The lowest BCUT2D eigenvalue weighted by Gasteiger charge is -2.10. The van der Waals surface area contributed by atoms with E-state index in [4.69, 9.17) is 38.4 Å². The second kappa shape index (κ2) is 6.75. The summed E-state index contributed by atoms with van der Waals surface area (Å²) in [6, 6.07) is 10.3. The molecule has 2 aromatic rings. The summed E-state index contributed by atoms with van der Waals surface area (Å²) < 4.78 is 10.7. The van der Waals surface area contributed by atoms with Gasteiger partial charge in [0.25, 0.3) is 0 Å². The third-order valence-corrected chi connectivity index (χ3v) is 2.86. The number of ether oxygens (including phenoxy) is 2. The first kappa shape index (κ1) is 15.8. The molecule has 2 rings (SSSR count). The SMILES string of the molecule is COc1ccc(Oc2c(Cl)cc(N)cc2Cl)cc1.Cl. The van der Waals surface area contributed by atoms with E-state index in [1.54, 1.807) is 43.5 Å². The number of benzene rings is 2. The maximum atomic E-state index is 6.03. The van der Waals surface area contributed by atoms with Crippen molar-refractivity contribution in [3.63, 3.8) is 0 Å². The molecular weight excluding hydrogens is 309 g/mol. The lowest BCUT2D eigenvalue weighted by Crippen LogP contribution is -1.90. The Morgan fingerprint density at radius 2 is 1.42 bits per heavy atom. The summed E-state index contributed by atoms with van der Waals surface area (Å²) in [5.74, 6) is 1.75. The highest BCUT2D eigenvalue weighted by Gasteiger charge is 2.10. The van der Waals surface area contributed by atoms with E-state index in [1.165, 1.54) is 0 Å². The lowest BCUT2D eigenvalue weighted by atomic mass is 10.3. The fourth-order valence-electron chi connectivity index (χ4n) is 1.44. The molecule has 3 nitrogen and oxygen atoms in total. The predicted octanol–water partition coefficient (Wildman–Crippen LogP) is 4.80. The smallest absolute Gasteiger partial charge is 0.164 e. The Bertz CT molecular complexity index is 535. The summed E-state index contributed by atoms with van der Waals surface area (Å²) >= 11 is 12.1. The molecule has 0 radical (unpaired) electrons. The molecule has 0 unspecified atom stereocenters. The van der Waals surface area contributed by atoms with Gasteiger partial charge >= 0.3 is 0 Å². The van der Waals surface area contributed by atoms with Gasteiger partial charge in [0, 0.05) is 5.69 Å².